The Morgan fingerprint density at radius 1 is 0.957 bits per heavy atom. The van der Waals surface area contributed by atoms with Crippen molar-refractivity contribution in [3.8, 4) is 0 Å². The Balaban J connectivity index is 1.37. The highest BCUT2D eigenvalue weighted by molar-refractivity contribution is 8.13. The molecular formula is C13H20N2O7S. The van der Waals surface area contributed by atoms with Crippen LogP contribution in [0.15, 0.2) is 0 Å². The second kappa shape index (κ2) is 9.58. The molecule has 2 aliphatic rings. The summed E-state index contributed by atoms with van der Waals surface area (Å²) in [6, 6.07) is 0. The van der Waals surface area contributed by atoms with Crippen molar-refractivity contribution >= 4 is 29.1 Å². The fourth-order valence-electron chi connectivity index (χ4n) is 1.42. The first-order valence-corrected chi connectivity index (χ1v) is 8.32. The number of nitrogens with one attached hydrogen (secondary N) is 2. The number of carbonyl (C=O) groups is 3. The number of alkyl carbamates (subject to hydrolysis) is 2. The topological polar surface area (TPSA) is 119 Å². The molecule has 2 aliphatic heterocycles. The molecule has 0 spiro atoms. The second-order valence-corrected chi connectivity index (χ2v) is 6.08. The maximum absolute atomic E-state index is 11.6. The number of thioether (sulfide) groups is 1. The van der Waals surface area contributed by atoms with E-state index in [9.17, 15) is 14.4 Å². The van der Waals surface area contributed by atoms with Gasteiger partial charge in [-0.05, 0) is 0 Å². The van der Waals surface area contributed by atoms with Gasteiger partial charge in [0.15, 0.2) is 5.12 Å². The van der Waals surface area contributed by atoms with Crippen molar-refractivity contribution in [3.05, 3.63) is 0 Å². The number of amides is 2. The molecule has 9 nitrogen and oxygen atoms in total. The molecule has 2 heterocycles. The van der Waals surface area contributed by atoms with Crippen LogP contribution in [-0.2, 0) is 23.7 Å². The van der Waals surface area contributed by atoms with E-state index in [2.05, 4.69) is 10.6 Å². The second-order valence-electron chi connectivity index (χ2n) is 4.93. The molecule has 2 amide bonds. The molecule has 10 heteroatoms. The summed E-state index contributed by atoms with van der Waals surface area (Å²) in [5, 5.41) is 4.95. The van der Waals surface area contributed by atoms with E-state index in [1.807, 2.05) is 0 Å². The Morgan fingerprint density at radius 3 is 2.00 bits per heavy atom. The number of hydrogen-bond acceptors (Lipinski definition) is 8. The van der Waals surface area contributed by atoms with Crippen LogP contribution < -0.4 is 10.6 Å². The van der Waals surface area contributed by atoms with E-state index < -0.39 is 12.2 Å². The zero-order valence-electron chi connectivity index (χ0n) is 12.6. The van der Waals surface area contributed by atoms with Gasteiger partial charge < -0.3 is 29.6 Å². The lowest BCUT2D eigenvalue weighted by atomic mass is 10.5. The van der Waals surface area contributed by atoms with Crippen LogP contribution in [0.1, 0.15) is 6.42 Å². The first kappa shape index (κ1) is 17.8. The predicted molar refractivity (Wildman–Crippen MR) is 80.3 cm³/mol. The van der Waals surface area contributed by atoms with Crippen LogP contribution >= 0.6 is 11.8 Å². The lowest BCUT2D eigenvalue weighted by Gasteiger charge is -2.06. The van der Waals surface area contributed by atoms with E-state index in [0.717, 1.165) is 11.8 Å². The van der Waals surface area contributed by atoms with Crippen LogP contribution in [0.3, 0.4) is 0 Å². The molecule has 0 aromatic carbocycles. The number of hydrogen-bond donors (Lipinski definition) is 2. The van der Waals surface area contributed by atoms with Crippen molar-refractivity contribution in [3.63, 3.8) is 0 Å². The average molecular weight is 348 g/mol. The van der Waals surface area contributed by atoms with Gasteiger partial charge in [-0.25, -0.2) is 9.59 Å². The Bertz CT molecular complexity index is 427. The highest BCUT2D eigenvalue weighted by atomic mass is 32.2. The van der Waals surface area contributed by atoms with Gasteiger partial charge in [0.05, 0.1) is 13.2 Å². The van der Waals surface area contributed by atoms with Crippen molar-refractivity contribution in [1.82, 2.24) is 10.6 Å². The first-order valence-electron chi connectivity index (χ1n) is 7.33. The number of carbonyl (C=O) groups excluding carboxylic acids is 3. The van der Waals surface area contributed by atoms with Gasteiger partial charge in [0.2, 0.25) is 0 Å². The molecule has 0 bridgehead atoms. The van der Waals surface area contributed by atoms with Gasteiger partial charge in [0.25, 0.3) is 0 Å². The summed E-state index contributed by atoms with van der Waals surface area (Å²) < 4.78 is 19.5. The zero-order chi connectivity index (χ0) is 16.5. The molecule has 0 saturated carbocycles. The SMILES string of the molecule is O=C(NCCSC(=O)CCNC(=O)OCC1CO1)OCC1CO1. The zero-order valence-corrected chi connectivity index (χ0v) is 13.4. The van der Waals surface area contributed by atoms with E-state index in [1.165, 1.54) is 0 Å². The molecule has 2 atom stereocenters. The smallest absolute Gasteiger partial charge is 0.407 e. The molecule has 2 fully saturated rings. The quantitative estimate of drug-likeness (QED) is 0.414. The fraction of sp³-hybridized carbons (Fsp3) is 0.769. The molecule has 130 valence electrons. The summed E-state index contributed by atoms with van der Waals surface area (Å²) in [7, 11) is 0. The number of epoxide rings is 2. The first-order chi connectivity index (χ1) is 11.1. The van der Waals surface area contributed by atoms with E-state index >= 15 is 0 Å². The minimum atomic E-state index is -0.553. The summed E-state index contributed by atoms with van der Waals surface area (Å²) in [5.41, 5.74) is 0. The molecule has 2 rings (SSSR count). The Labute approximate surface area is 137 Å². The van der Waals surface area contributed by atoms with Gasteiger partial charge in [-0.2, -0.15) is 0 Å². The van der Waals surface area contributed by atoms with Gasteiger partial charge in [-0.15, -0.1) is 0 Å². The van der Waals surface area contributed by atoms with Crippen molar-refractivity contribution in [2.45, 2.75) is 18.6 Å². The monoisotopic (exact) mass is 348 g/mol. The van der Waals surface area contributed by atoms with Crippen LogP contribution in [0.4, 0.5) is 9.59 Å². The van der Waals surface area contributed by atoms with E-state index in [-0.39, 0.29) is 43.5 Å². The van der Waals surface area contributed by atoms with Crippen LogP contribution in [0.25, 0.3) is 0 Å². The third kappa shape index (κ3) is 9.26. The molecule has 2 N–H and O–H groups in total. The average Bonchev–Trinajstić information content (AvgIpc) is 3.41. The van der Waals surface area contributed by atoms with Crippen LogP contribution in [0.2, 0.25) is 0 Å². The molecule has 2 unspecified atom stereocenters. The lowest BCUT2D eigenvalue weighted by Crippen LogP contribution is -2.29. The lowest BCUT2D eigenvalue weighted by molar-refractivity contribution is -0.110. The largest absolute Gasteiger partial charge is 0.447 e. The van der Waals surface area contributed by atoms with Crippen molar-refractivity contribution < 1.29 is 33.3 Å². The third-order valence-corrected chi connectivity index (χ3v) is 3.77. The van der Waals surface area contributed by atoms with E-state index in [1.54, 1.807) is 0 Å². The Kier molecular flexibility index (Phi) is 7.43. The predicted octanol–water partition coefficient (Wildman–Crippen LogP) is -0.114. The molecule has 2 saturated heterocycles. The third-order valence-electron chi connectivity index (χ3n) is 2.84. The van der Waals surface area contributed by atoms with E-state index in [4.69, 9.17) is 18.9 Å². The van der Waals surface area contributed by atoms with Gasteiger partial charge >= 0.3 is 12.2 Å². The molecule has 0 radical (unpaired) electrons. The summed E-state index contributed by atoms with van der Waals surface area (Å²) in [4.78, 5) is 34.0. The standard InChI is InChI=1S/C13H20N2O7S/c16-11(1-2-14-12(17)21-7-9-5-19-9)23-4-3-15-13(18)22-8-10-6-20-10/h9-10H,1-8H2,(H,14,17)(H,15,18). The van der Waals surface area contributed by atoms with Crippen molar-refractivity contribution in [2.24, 2.45) is 0 Å². The molecule has 23 heavy (non-hydrogen) atoms. The maximum Gasteiger partial charge on any atom is 0.407 e. The molecule has 0 aromatic heterocycles. The normalized spacial score (nSPS) is 21.2. The summed E-state index contributed by atoms with van der Waals surface area (Å²) in [6.07, 6.45) is -0.815. The van der Waals surface area contributed by atoms with E-state index in [0.29, 0.717) is 25.5 Å². The van der Waals surface area contributed by atoms with Gasteiger partial charge in [-0.1, -0.05) is 11.8 Å². The van der Waals surface area contributed by atoms with Crippen molar-refractivity contribution in [1.29, 1.82) is 0 Å². The number of rotatable bonds is 10. The van der Waals surface area contributed by atoms with Gasteiger partial charge in [0.1, 0.15) is 25.4 Å². The minimum absolute atomic E-state index is 0.0222. The van der Waals surface area contributed by atoms with Crippen LogP contribution in [0.5, 0.6) is 0 Å². The van der Waals surface area contributed by atoms with Crippen LogP contribution in [-0.4, -0.2) is 74.8 Å². The van der Waals surface area contributed by atoms with Crippen LogP contribution in [0, 0.1) is 0 Å². The minimum Gasteiger partial charge on any atom is -0.447 e. The van der Waals surface area contributed by atoms with Gasteiger partial charge in [0, 0.05) is 25.3 Å². The molecular weight excluding hydrogens is 328 g/mol. The van der Waals surface area contributed by atoms with Gasteiger partial charge in [-0.3, -0.25) is 4.79 Å². The number of ether oxygens (including phenoxy) is 4. The Morgan fingerprint density at radius 2 is 1.48 bits per heavy atom. The summed E-state index contributed by atoms with van der Waals surface area (Å²) in [6.45, 7) is 2.30. The highest BCUT2D eigenvalue weighted by Crippen LogP contribution is 2.09. The summed E-state index contributed by atoms with van der Waals surface area (Å²) >= 11 is 1.09. The molecule has 0 aromatic rings. The Hall–Kier alpha value is -1.52. The maximum atomic E-state index is 11.6. The molecule has 0 aliphatic carbocycles. The fourth-order valence-corrected chi connectivity index (χ4v) is 2.10. The highest BCUT2D eigenvalue weighted by Gasteiger charge is 2.24. The summed E-state index contributed by atoms with van der Waals surface area (Å²) in [5.74, 6) is 0.442. The van der Waals surface area contributed by atoms with Crippen molar-refractivity contribution in [2.75, 3.05) is 45.3 Å².